The highest BCUT2D eigenvalue weighted by Gasteiger charge is 2.53. The Bertz CT molecular complexity index is 833. The fourth-order valence-corrected chi connectivity index (χ4v) is 7.60. The molecule has 0 amide bonds. The predicted octanol–water partition coefficient (Wildman–Crippen LogP) is 0.454. The van der Waals surface area contributed by atoms with Gasteiger partial charge in [-0.25, -0.2) is 22.0 Å². The Morgan fingerprint density at radius 1 is 1.38 bits per heavy atom. The van der Waals surface area contributed by atoms with E-state index in [4.69, 9.17) is 5.14 Å². The summed E-state index contributed by atoms with van der Waals surface area (Å²) in [5.74, 6) is -0.215. The molecule has 154 valence electrons. The molecule has 1 aliphatic heterocycles. The molecule has 2 atom stereocenters. The van der Waals surface area contributed by atoms with Crippen molar-refractivity contribution in [2.75, 3.05) is 13.1 Å². The first-order valence-corrected chi connectivity index (χ1v) is 11.4. The van der Waals surface area contributed by atoms with Crippen LogP contribution in [0.25, 0.3) is 0 Å². The van der Waals surface area contributed by atoms with Crippen molar-refractivity contribution >= 4 is 43.6 Å². The monoisotopic (exact) mass is 450 g/mol. The van der Waals surface area contributed by atoms with E-state index < -0.39 is 36.6 Å². The summed E-state index contributed by atoms with van der Waals surface area (Å²) in [5.41, 5.74) is 0.125. The Morgan fingerprint density at radius 3 is 2.38 bits per heavy atom. The number of nitrogens with one attached hydrogen (secondary N) is 1. The molecule has 0 aliphatic carbocycles. The summed E-state index contributed by atoms with van der Waals surface area (Å²) in [4.78, 5) is 0. The van der Waals surface area contributed by atoms with Gasteiger partial charge in [-0.3, -0.25) is 0 Å². The van der Waals surface area contributed by atoms with Crippen molar-refractivity contribution in [1.29, 1.82) is 0 Å². The minimum absolute atomic E-state index is 0. The second-order valence-corrected chi connectivity index (χ2v) is 12.6. The van der Waals surface area contributed by atoms with Crippen molar-refractivity contribution < 1.29 is 27.4 Å². The van der Waals surface area contributed by atoms with Crippen LogP contribution in [0.1, 0.15) is 39.4 Å². The Hall–Kier alpha value is -0.270. The van der Waals surface area contributed by atoms with Crippen LogP contribution in [0.2, 0.25) is 0 Å². The van der Waals surface area contributed by atoms with Gasteiger partial charge in [-0.05, 0) is 32.4 Å². The third kappa shape index (κ3) is 4.41. The van der Waals surface area contributed by atoms with Crippen molar-refractivity contribution in [2.24, 2.45) is 17.0 Å². The Morgan fingerprint density at radius 2 is 1.92 bits per heavy atom. The summed E-state index contributed by atoms with van der Waals surface area (Å²) in [5, 5.41) is 19.0. The normalized spacial score (nSPS) is 23.7. The smallest absolute Gasteiger partial charge is 0.247 e. The maximum absolute atomic E-state index is 13.0. The predicted molar refractivity (Wildman–Crippen MR) is 104 cm³/mol. The summed E-state index contributed by atoms with van der Waals surface area (Å²) in [6, 6.07) is 1.18. The minimum Gasteiger partial charge on any atom is -0.412 e. The molecule has 0 radical (unpaired) electrons. The molecule has 0 bridgehead atoms. The molecule has 0 aromatic carbocycles. The average Bonchev–Trinajstić information content (AvgIpc) is 2.87. The van der Waals surface area contributed by atoms with E-state index in [9.17, 15) is 21.9 Å². The number of aliphatic hydroxyl groups excluding tert-OH is 1. The van der Waals surface area contributed by atoms with E-state index >= 15 is 0 Å². The zero-order valence-corrected chi connectivity index (χ0v) is 18.3. The lowest BCUT2D eigenvalue weighted by molar-refractivity contribution is 0.0806. The molecule has 8 nitrogen and oxygen atoms in total. The molecule has 0 saturated carbocycles. The van der Waals surface area contributed by atoms with E-state index in [0.29, 0.717) is 30.3 Å². The first-order chi connectivity index (χ1) is 10.8. The van der Waals surface area contributed by atoms with Crippen molar-refractivity contribution in [2.45, 2.75) is 47.0 Å². The largest absolute Gasteiger partial charge is 0.412 e. The molecule has 1 aromatic rings. The van der Waals surface area contributed by atoms with Gasteiger partial charge >= 0.3 is 0 Å². The quantitative estimate of drug-likeness (QED) is 0.590. The number of nitrogens with two attached hydrogens (primary N) is 1. The van der Waals surface area contributed by atoms with Gasteiger partial charge in [0, 0.05) is 18.0 Å². The van der Waals surface area contributed by atoms with E-state index in [2.05, 4.69) is 5.32 Å². The van der Waals surface area contributed by atoms with Gasteiger partial charge in [0.25, 0.3) is 0 Å². The highest BCUT2D eigenvalue weighted by Crippen LogP contribution is 2.50. The summed E-state index contributed by atoms with van der Waals surface area (Å²) in [7, 11) is -7.82. The summed E-state index contributed by atoms with van der Waals surface area (Å²) >= 11 is 0.605. The first kappa shape index (κ1) is 25.7. The number of rotatable bonds is 5. The van der Waals surface area contributed by atoms with Crippen molar-refractivity contribution in [3.8, 4) is 0 Å². The van der Waals surface area contributed by atoms with Gasteiger partial charge in [-0.15, -0.1) is 23.7 Å². The van der Waals surface area contributed by atoms with Gasteiger partial charge in [0.1, 0.15) is 8.42 Å². The van der Waals surface area contributed by atoms with Crippen molar-refractivity contribution in [3.05, 3.63) is 11.6 Å². The van der Waals surface area contributed by atoms with Crippen LogP contribution in [0.15, 0.2) is 14.5 Å². The lowest BCUT2D eigenvalue weighted by Crippen LogP contribution is -2.50. The van der Waals surface area contributed by atoms with Crippen LogP contribution in [0.4, 0.5) is 0 Å². The molecule has 0 fully saturated rings. The van der Waals surface area contributed by atoms with Crippen LogP contribution in [-0.2, 0) is 19.9 Å². The molecular formula is C14H27ClN2O6S3. The summed E-state index contributed by atoms with van der Waals surface area (Å²) in [6.07, 6.45) is -1.08. The average molecular weight is 451 g/mol. The Labute approximate surface area is 164 Å². The molecule has 2 rings (SSSR count). The lowest BCUT2D eigenvalue weighted by Gasteiger charge is -2.41. The lowest BCUT2D eigenvalue weighted by atomic mass is 9.86. The number of thiophene rings is 1. The van der Waals surface area contributed by atoms with Crippen LogP contribution in [-0.4, -0.2) is 45.3 Å². The van der Waals surface area contributed by atoms with E-state index in [0.717, 1.165) is 0 Å². The van der Waals surface area contributed by atoms with E-state index in [-0.39, 0.29) is 31.9 Å². The van der Waals surface area contributed by atoms with Gasteiger partial charge in [0.15, 0.2) is 9.84 Å². The highest BCUT2D eigenvalue weighted by molar-refractivity contribution is 7.96. The number of primary sulfonamides is 1. The maximum Gasteiger partial charge on any atom is 0.247 e. The Kier molecular flexibility index (Phi) is 8.31. The van der Waals surface area contributed by atoms with Gasteiger partial charge in [-0.2, -0.15) is 0 Å². The second-order valence-electron chi connectivity index (χ2n) is 7.06. The van der Waals surface area contributed by atoms with Crippen molar-refractivity contribution in [3.63, 3.8) is 0 Å². The van der Waals surface area contributed by atoms with E-state index in [1.807, 2.05) is 13.8 Å². The fourth-order valence-electron chi connectivity index (χ4n) is 2.84. The summed E-state index contributed by atoms with van der Waals surface area (Å²) in [6.45, 7) is 8.19. The number of aliphatic hydroxyl groups is 1. The number of sulfonamides is 1. The van der Waals surface area contributed by atoms with E-state index in [1.54, 1.807) is 13.8 Å². The third-order valence-corrected chi connectivity index (χ3v) is 10.1. The molecule has 2 unspecified atom stereocenters. The van der Waals surface area contributed by atoms with Crippen molar-refractivity contribution in [1.82, 2.24) is 5.32 Å². The minimum atomic E-state index is -4.03. The van der Waals surface area contributed by atoms with Gasteiger partial charge in [0.2, 0.25) is 10.0 Å². The van der Waals surface area contributed by atoms with Gasteiger partial charge in [-0.1, -0.05) is 13.8 Å². The number of halogens is 1. The molecule has 0 saturated heterocycles. The molecule has 2 heterocycles. The standard InChI is InChI=1S/C14H24N2O5S3.ClH.H2O/c1-8(2)6-16-7-10-12(17)9-5-11(24(15,20)21)22-13(9)23(18,19)14(10,3)4;;/h5,8,10,12,16-17H,6-7H2,1-4H3,(H2,15,20,21);1H;1H2. The van der Waals surface area contributed by atoms with Crippen LogP contribution < -0.4 is 10.5 Å². The topological polar surface area (TPSA) is 158 Å². The third-order valence-electron chi connectivity index (χ3n) is 4.43. The zero-order chi connectivity index (χ0) is 18.5. The van der Waals surface area contributed by atoms with Gasteiger partial charge < -0.3 is 15.9 Å². The molecule has 1 aliphatic rings. The number of hydrogen-bond donors (Lipinski definition) is 3. The first-order valence-electron chi connectivity index (χ1n) is 7.60. The van der Waals surface area contributed by atoms with Crippen LogP contribution in [0.3, 0.4) is 0 Å². The van der Waals surface area contributed by atoms with Crippen LogP contribution in [0.5, 0.6) is 0 Å². The molecule has 0 spiro atoms. The fraction of sp³-hybridized carbons (Fsp3) is 0.714. The molecule has 1 aromatic heterocycles. The van der Waals surface area contributed by atoms with E-state index in [1.165, 1.54) is 6.07 Å². The molecule has 12 heteroatoms. The number of sulfone groups is 1. The maximum atomic E-state index is 13.0. The van der Waals surface area contributed by atoms with Gasteiger partial charge in [0.05, 0.1) is 10.9 Å². The van der Waals surface area contributed by atoms with Crippen LogP contribution >= 0.6 is 23.7 Å². The summed E-state index contributed by atoms with van der Waals surface area (Å²) < 4.78 is 47.4. The number of fused-ring (bicyclic) bond motifs is 1. The second kappa shape index (κ2) is 8.39. The molecule has 26 heavy (non-hydrogen) atoms. The SMILES string of the molecule is CC(C)CNCC1C(O)c2cc(S(N)(=O)=O)sc2S(=O)(=O)C1(C)C.Cl.O. The highest BCUT2D eigenvalue weighted by atomic mass is 35.5. The van der Waals surface area contributed by atoms with Crippen LogP contribution in [0, 0.1) is 11.8 Å². The number of hydrogen-bond acceptors (Lipinski definition) is 7. The molecule has 6 N–H and O–H groups in total. The Balaban J connectivity index is 0.00000312. The zero-order valence-electron chi connectivity index (χ0n) is 15.0. The molecular weight excluding hydrogens is 424 g/mol.